The van der Waals surface area contributed by atoms with Crippen LogP contribution in [0.5, 0.6) is 0 Å². The van der Waals surface area contributed by atoms with E-state index in [0.717, 1.165) is 50.5 Å². The third kappa shape index (κ3) is 6.05. The molecule has 5 heteroatoms. The van der Waals surface area contributed by atoms with E-state index in [2.05, 4.69) is 18.7 Å². The Morgan fingerprint density at radius 1 is 1.17 bits per heavy atom. The molecule has 1 aliphatic rings. The topological polar surface area (TPSA) is 23.6 Å². The molecule has 0 N–H and O–H groups in total. The van der Waals surface area contributed by atoms with E-state index in [1.54, 1.807) is 11.8 Å². The summed E-state index contributed by atoms with van der Waals surface area (Å²) in [5.41, 5.74) is 1.03. The van der Waals surface area contributed by atoms with Gasteiger partial charge in [-0.1, -0.05) is 13.8 Å². The van der Waals surface area contributed by atoms with Crippen LogP contribution in [0.25, 0.3) is 0 Å². The maximum absolute atomic E-state index is 13.0. The van der Waals surface area contributed by atoms with Gasteiger partial charge in [-0.15, -0.1) is 0 Å². The van der Waals surface area contributed by atoms with E-state index in [0.29, 0.717) is 11.7 Å². The van der Waals surface area contributed by atoms with Gasteiger partial charge in [0.05, 0.1) is 5.75 Å². The van der Waals surface area contributed by atoms with Crippen LogP contribution in [0, 0.1) is 11.7 Å². The summed E-state index contributed by atoms with van der Waals surface area (Å²) < 4.78 is 13.0. The van der Waals surface area contributed by atoms with Crippen LogP contribution >= 0.6 is 11.8 Å². The number of amides is 1. The van der Waals surface area contributed by atoms with Crippen molar-refractivity contribution in [2.45, 2.75) is 26.7 Å². The quantitative estimate of drug-likeness (QED) is 0.740. The highest BCUT2D eigenvalue weighted by Crippen LogP contribution is 2.17. The lowest BCUT2D eigenvalue weighted by Gasteiger charge is -2.23. The van der Waals surface area contributed by atoms with Crippen molar-refractivity contribution in [1.82, 2.24) is 4.90 Å². The number of thioether (sulfide) groups is 1. The van der Waals surface area contributed by atoms with Crippen molar-refractivity contribution in [2.75, 3.05) is 42.6 Å². The molecule has 0 radical (unpaired) electrons. The first-order valence-electron chi connectivity index (χ1n) is 8.42. The van der Waals surface area contributed by atoms with Crippen LogP contribution in [0.3, 0.4) is 0 Å². The summed E-state index contributed by atoms with van der Waals surface area (Å²) in [7, 11) is 0. The average molecular weight is 338 g/mol. The van der Waals surface area contributed by atoms with Crippen molar-refractivity contribution in [3.05, 3.63) is 30.1 Å². The minimum atomic E-state index is -0.209. The molecule has 3 nitrogen and oxygen atoms in total. The van der Waals surface area contributed by atoms with Crippen LogP contribution in [0.1, 0.15) is 26.7 Å². The number of halogens is 1. The molecule has 0 spiro atoms. The number of hydrogen-bond donors (Lipinski definition) is 0. The molecule has 1 amide bonds. The van der Waals surface area contributed by atoms with Crippen LogP contribution < -0.4 is 4.90 Å². The van der Waals surface area contributed by atoms with Crippen molar-refractivity contribution in [3.63, 3.8) is 0 Å². The summed E-state index contributed by atoms with van der Waals surface area (Å²) in [5.74, 6) is 2.38. The number of hydrogen-bond acceptors (Lipinski definition) is 3. The van der Waals surface area contributed by atoms with Gasteiger partial charge in [-0.3, -0.25) is 4.79 Å². The summed E-state index contributed by atoms with van der Waals surface area (Å²) in [5, 5.41) is 0. The zero-order valence-corrected chi connectivity index (χ0v) is 14.9. The number of anilines is 1. The second-order valence-corrected chi connectivity index (χ2v) is 7.54. The van der Waals surface area contributed by atoms with E-state index in [4.69, 9.17) is 0 Å². The highest BCUT2D eigenvalue weighted by atomic mass is 32.2. The molecular formula is C18H27FN2OS. The van der Waals surface area contributed by atoms with E-state index in [1.165, 1.54) is 12.1 Å². The normalized spacial score (nSPS) is 15.8. The number of rotatable bonds is 6. The maximum atomic E-state index is 13.0. The van der Waals surface area contributed by atoms with Gasteiger partial charge in [0, 0.05) is 31.9 Å². The second-order valence-electron chi connectivity index (χ2n) is 6.43. The van der Waals surface area contributed by atoms with Gasteiger partial charge in [0.15, 0.2) is 0 Å². The third-order valence-electron chi connectivity index (χ3n) is 4.11. The summed E-state index contributed by atoms with van der Waals surface area (Å²) in [6.07, 6.45) is 2.12. The molecule has 1 aliphatic heterocycles. The molecule has 1 aromatic carbocycles. The SMILES string of the molecule is CC(C)CCSCC(=O)N1CCCN(c2ccc(F)cc2)CC1. The largest absolute Gasteiger partial charge is 0.370 e. The van der Waals surface area contributed by atoms with E-state index >= 15 is 0 Å². The Labute approximate surface area is 143 Å². The average Bonchev–Trinajstić information content (AvgIpc) is 2.78. The molecule has 1 aromatic rings. The lowest BCUT2D eigenvalue weighted by atomic mass is 10.2. The monoisotopic (exact) mass is 338 g/mol. The summed E-state index contributed by atoms with van der Waals surface area (Å²) in [4.78, 5) is 16.5. The smallest absolute Gasteiger partial charge is 0.232 e. The predicted molar refractivity (Wildman–Crippen MR) is 96.6 cm³/mol. The number of nitrogens with zero attached hydrogens (tertiary/aromatic N) is 2. The molecule has 0 saturated carbocycles. The van der Waals surface area contributed by atoms with E-state index in [-0.39, 0.29) is 11.7 Å². The Hall–Kier alpha value is -1.23. The molecule has 0 unspecified atom stereocenters. The summed E-state index contributed by atoms with van der Waals surface area (Å²) in [6, 6.07) is 6.62. The number of carbonyl (C=O) groups is 1. The van der Waals surface area contributed by atoms with Crippen molar-refractivity contribution >= 4 is 23.4 Å². The van der Waals surface area contributed by atoms with E-state index in [1.807, 2.05) is 17.0 Å². The fraction of sp³-hybridized carbons (Fsp3) is 0.611. The first-order valence-corrected chi connectivity index (χ1v) is 9.58. The van der Waals surface area contributed by atoms with Gasteiger partial charge >= 0.3 is 0 Å². The predicted octanol–water partition coefficient (Wildman–Crippen LogP) is 3.64. The highest BCUT2D eigenvalue weighted by Gasteiger charge is 2.19. The molecule has 128 valence electrons. The fourth-order valence-corrected chi connectivity index (χ4v) is 3.79. The van der Waals surface area contributed by atoms with E-state index < -0.39 is 0 Å². The van der Waals surface area contributed by atoms with Crippen molar-refractivity contribution in [1.29, 1.82) is 0 Å². The van der Waals surface area contributed by atoms with Crippen LogP contribution in [-0.4, -0.2) is 48.5 Å². The van der Waals surface area contributed by atoms with Gasteiger partial charge in [-0.05, 0) is 48.8 Å². The van der Waals surface area contributed by atoms with E-state index in [9.17, 15) is 9.18 Å². The van der Waals surface area contributed by atoms with Crippen molar-refractivity contribution < 1.29 is 9.18 Å². The van der Waals surface area contributed by atoms with Crippen LogP contribution in [0.2, 0.25) is 0 Å². The molecule has 0 bridgehead atoms. The Kier molecular flexibility index (Phi) is 7.21. The van der Waals surface area contributed by atoms with Gasteiger partial charge < -0.3 is 9.80 Å². The van der Waals surface area contributed by atoms with Crippen LogP contribution in [-0.2, 0) is 4.79 Å². The van der Waals surface area contributed by atoms with Gasteiger partial charge in [0.25, 0.3) is 0 Å². The summed E-state index contributed by atoms with van der Waals surface area (Å²) in [6.45, 7) is 7.72. The first-order chi connectivity index (χ1) is 11.1. The minimum absolute atomic E-state index is 0.209. The summed E-state index contributed by atoms with van der Waals surface area (Å²) >= 11 is 1.74. The van der Waals surface area contributed by atoms with Gasteiger partial charge in [0.2, 0.25) is 5.91 Å². The van der Waals surface area contributed by atoms with Gasteiger partial charge in [0.1, 0.15) is 5.82 Å². The molecular weight excluding hydrogens is 311 g/mol. The van der Waals surface area contributed by atoms with Crippen molar-refractivity contribution in [3.8, 4) is 0 Å². The van der Waals surface area contributed by atoms with Gasteiger partial charge in [-0.25, -0.2) is 4.39 Å². The molecule has 0 atom stereocenters. The molecule has 1 fully saturated rings. The first kappa shape index (κ1) is 18.1. The number of carbonyl (C=O) groups excluding carboxylic acids is 1. The molecule has 0 aromatic heterocycles. The molecule has 1 saturated heterocycles. The highest BCUT2D eigenvalue weighted by molar-refractivity contribution is 7.99. The van der Waals surface area contributed by atoms with Crippen LogP contribution in [0.4, 0.5) is 10.1 Å². The third-order valence-corrected chi connectivity index (χ3v) is 5.08. The lowest BCUT2D eigenvalue weighted by Crippen LogP contribution is -2.36. The Bertz CT molecular complexity index is 492. The zero-order chi connectivity index (χ0) is 16.7. The van der Waals surface area contributed by atoms with Crippen LogP contribution in [0.15, 0.2) is 24.3 Å². The lowest BCUT2D eigenvalue weighted by molar-refractivity contribution is -0.128. The van der Waals surface area contributed by atoms with Gasteiger partial charge in [-0.2, -0.15) is 11.8 Å². The fourth-order valence-electron chi connectivity index (χ4n) is 2.65. The molecule has 1 heterocycles. The molecule has 23 heavy (non-hydrogen) atoms. The number of benzene rings is 1. The second kappa shape index (κ2) is 9.16. The zero-order valence-electron chi connectivity index (χ0n) is 14.1. The maximum Gasteiger partial charge on any atom is 0.232 e. The molecule has 2 rings (SSSR count). The Balaban J connectivity index is 1.78. The minimum Gasteiger partial charge on any atom is -0.370 e. The standard InChI is InChI=1S/C18H27FN2OS/c1-15(2)8-13-23-14-18(22)21-10-3-9-20(11-12-21)17-6-4-16(19)5-7-17/h4-7,15H,3,8-14H2,1-2H3. The Morgan fingerprint density at radius 3 is 2.61 bits per heavy atom. The van der Waals surface area contributed by atoms with Crippen molar-refractivity contribution in [2.24, 2.45) is 5.92 Å². The molecule has 0 aliphatic carbocycles. The Morgan fingerprint density at radius 2 is 1.91 bits per heavy atom.